The largest absolute Gasteiger partial charge is 0.396 e. The molecule has 1 aromatic heterocycles. The van der Waals surface area contributed by atoms with E-state index in [0.717, 1.165) is 30.9 Å². The monoisotopic (exact) mass is 300 g/mol. The van der Waals surface area contributed by atoms with E-state index in [1.165, 1.54) is 12.8 Å². The minimum absolute atomic E-state index is 0.263. The second-order valence-electron chi connectivity index (χ2n) is 6.11. The first-order valence-electron chi connectivity index (χ1n) is 8.10. The van der Waals surface area contributed by atoms with Crippen LogP contribution in [0.25, 0.3) is 5.69 Å². The lowest BCUT2D eigenvalue weighted by Crippen LogP contribution is -2.37. The molecule has 22 heavy (non-hydrogen) atoms. The number of para-hydroxylation sites is 1. The number of piperidine rings is 1. The maximum Gasteiger partial charge on any atom is 0.1000 e. The highest BCUT2D eigenvalue weighted by atomic mass is 16.3. The van der Waals surface area contributed by atoms with Crippen molar-refractivity contribution >= 4 is 0 Å². The molecule has 0 saturated carbocycles. The topological polar surface area (TPSA) is 54.2 Å². The van der Waals surface area contributed by atoms with Crippen molar-refractivity contribution in [2.45, 2.75) is 32.2 Å². The fourth-order valence-electron chi connectivity index (χ4n) is 3.23. The molecule has 0 radical (unpaired) electrons. The lowest BCUT2D eigenvalue weighted by molar-refractivity contribution is 0.113. The van der Waals surface area contributed by atoms with Crippen molar-refractivity contribution in [1.82, 2.24) is 19.9 Å². The Morgan fingerprint density at radius 1 is 1.32 bits per heavy atom. The number of hydrogen-bond acceptors (Lipinski definition) is 4. The molecular formula is C17H24N4O. The molecule has 2 heterocycles. The van der Waals surface area contributed by atoms with Gasteiger partial charge in [0.15, 0.2) is 0 Å². The molecule has 2 aromatic rings. The number of nitrogens with zero attached hydrogens (tertiary/aromatic N) is 4. The Labute approximate surface area is 131 Å². The fourth-order valence-corrected chi connectivity index (χ4v) is 3.23. The van der Waals surface area contributed by atoms with Crippen molar-refractivity contribution in [3.63, 3.8) is 0 Å². The molecule has 1 N–H and O–H groups in total. The average Bonchev–Trinajstić information content (AvgIpc) is 3.05. The van der Waals surface area contributed by atoms with Gasteiger partial charge in [0, 0.05) is 13.2 Å². The van der Waals surface area contributed by atoms with Gasteiger partial charge in [0.2, 0.25) is 0 Å². The number of benzene rings is 1. The summed E-state index contributed by atoms with van der Waals surface area (Å²) in [4.78, 5) is 2.46. The molecule has 0 spiro atoms. The van der Waals surface area contributed by atoms with Crippen LogP contribution in [0.5, 0.6) is 0 Å². The third kappa shape index (κ3) is 3.36. The Kier molecular flexibility index (Phi) is 4.85. The molecule has 0 bridgehead atoms. The lowest BCUT2D eigenvalue weighted by Gasteiger charge is -2.35. The second-order valence-corrected chi connectivity index (χ2v) is 6.11. The van der Waals surface area contributed by atoms with E-state index in [1.807, 2.05) is 41.2 Å². The van der Waals surface area contributed by atoms with Crippen LogP contribution in [0, 0.1) is 5.92 Å². The summed E-state index contributed by atoms with van der Waals surface area (Å²) in [5.41, 5.74) is 2.04. The number of aliphatic hydroxyl groups excluding tert-OH is 1. The van der Waals surface area contributed by atoms with E-state index in [1.54, 1.807) is 0 Å². The van der Waals surface area contributed by atoms with Crippen LogP contribution in [-0.2, 0) is 0 Å². The molecule has 0 unspecified atom stereocenters. The smallest absolute Gasteiger partial charge is 0.1000 e. The van der Waals surface area contributed by atoms with E-state index in [-0.39, 0.29) is 12.6 Å². The van der Waals surface area contributed by atoms with E-state index < -0.39 is 0 Å². The summed E-state index contributed by atoms with van der Waals surface area (Å²) in [6, 6.07) is 10.3. The van der Waals surface area contributed by atoms with Crippen molar-refractivity contribution < 1.29 is 5.11 Å². The van der Waals surface area contributed by atoms with E-state index in [9.17, 15) is 0 Å². The molecule has 0 amide bonds. The van der Waals surface area contributed by atoms with Crippen molar-refractivity contribution in [2.75, 3.05) is 19.7 Å². The number of rotatable bonds is 5. The first kappa shape index (κ1) is 15.2. The summed E-state index contributed by atoms with van der Waals surface area (Å²) in [5, 5.41) is 17.8. The minimum Gasteiger partial charge on any atom is -0.396 e. The molecule has 1 fully saturated rings. The number of hydrogen-bond donors (Lipinski definition) is 1. The highest BCUT2D eigenvalue weighted by Gasteiger charge is 2.25. The van der Waals surface area contributed by atoms with Gasteiger partial charge in [0.25, 0.3) is 0 Å². The molecule has 2 atom stereocenters. The standard InChI is InChI=1S/C17H24N4O/c1-14(20-10-5-6-15(12-20)9-11-22)17-13-21(19-18-17)16-7-3-2-4-8-16/h2-4,7-8,13-15,22H,5-6,9-12H2,1H3/t14-,15-/m0/s1. The van der Waals surface area contributed by atoms with Gasteiger partial charge in [-0.2, -0.15) is 0 Å². The normalized spacial score (nSPS) is 20.9. The summed E-state index contributed by atoms with van der Waals surface area (Å²) < 4.78 is 1.83. The first-order valence-corrected chi connectivity index (χ1v) is 8.10. The predicted octanol–water partition coefficient (Wildman–Crippen LogP) is 2.42. The Bertz CT molecular complexity index is 581. The summed E-state index contributed by atoms with van der Waals surface area (Å²) in [6.45, 7) is 4.62. The fraction of sp³-hybridized carbons (Fsp3) is 0.529. The van der Waals surface area contributed by atoms with E-state index in [4.69, 9.17) is 5.11 Å². The van der Waals surface area contributed by atoms with Crippen LogP contribution in [0.2, 0.25) is 0 Å². The highest BCUT2D eigenvalue weighted by molar-refractivity contribution is 5.30. The predicted molar refractivity (Wildman–Crippen MR) is 85.8 cm³/mol. The van der Waals surface area contributed by atoms with Crippen LogP contribution in [0.15, 0.2) is 36.5 Å². The van der Waals surface area contributed by atoms with Crippen LogP contribution in [-0.4, -0.2) is 44.7 Å². The van der Waals surface area contributed by atoms with Gasteiger partial charge in [-0.25, -0.2) is 4.68 Å². The van der Waals surface area contributed by atoms with Gasteiger partial charge in [0.05, 0.1) is 23.6 Å². The van der Waals surface area contributed by atoms with E-state index in [0.29, 0.717) is 5.92 Å². The lowest BCUT2D eigenvalue weighted by atomic mass is 9.94. The first-order chi connectivity index (χ1) is 10.8. The number of aromatic nitrogens is 3. The maximum atomic E-state index is 9.15. The van der Waals surface area contributed by atoms with E-state index in [2.05, 4.69) is 22.1 Å². The van der Waals surface area contributed by atoms with Crippen LogP contribution in [0.3, 0.4) is 0 Å². The van der Waals surface area contributed by atoms with Crippen LogP contribution in [0.1, 0.15) is 37.9 Å². The van der Waals surface area contributed by atoms with Gasteiger partial charge >= 0.3 is 0 Å². The quantitative estimate of drug-likeness (QED) is 0.921. The SMILES string of the molecule is C[C@@H](c1cn(-c2ccccc2)nn1)N1CCC[C@@H](CCO)C1. The Hall–Kier alpha value is -1.72. The molecule has 1 saturated heterocycles. The van der Waals surface area contributed by atoms with Crippen molar-refractivity contribution in [2.24, 2.45) is 5.92 Å². The van der Waals surface area contributed by atoms with Crippen LogP contribution >= 0.6 is 0 Å². The van der Waals surface area contributed by atoms with Crippen molar-refractivity contribution in [3.8, 4) is 5.69 Å². The summed E-state index contributed by atoms with van der Waals surface area (Å²) in [5.74, 6) is 0.602. The Morgan fingerprint density at radius 3 is 2.91 bits per heavy atom. The molecule has 0 aliphatic carbocycles. The average molecular weight is 300 g/mol. The molecule has 5 nitrogen and oxygen atoms in total. The van der Waals surface area contributed by atoms with Crippen LogP contribution < -0.4 is 0 Å². The van der Waals surface area contributed by atoms with Crippen molar-refractivity contribution in [1.29, 1.82) is 0 Å². The molecule has 1 aliphatic heterocycles. The zero-order valence-corrected chi connectivity index (χ0v) is 13.1. The summed E-state index contributed by atoms with van der Waals surface area (Å²) in [6.07, 6.45) is 5.35. The van der Waals surface area contributed by atoms with Gasteiger partial charge in [-0.1, -0.05) is 23.4 Å². The van der Waals surface area contributed by atoms with E-state index >= 15 is 0 Å². The molecule has 1 aliphatic rings. The maximum absolute atomic E-state index is 9.15. The molecule has 5 heteroatoms. The number of likely N-dealkylation sites (tertiary alicyclic amines) is 1. The zero-order chi connectivity index (χ0) is 15.4. The number of aliphatic hydroxyl groups is 1. The van der Waals surface area contributed by atoms with Crippen LogP contribution in [0.4, 0.5) is 0 Å². The van der Waals surface area contributed by atoms with Gasteiger partial charge in [0.1, 0.15) is 0 Å². The van der Waals surface area contributed by atoms with Gasteiger partial charge < -0.3 is 5.11 Å². The third-order valence-corrected chi connectivity index (χ3v) is 4.60. The van der Waals surface area contributed by atoms with Crippen molar-refractivity contribution in [3.05, 3.63) is 42.2 Å². The second kappa shape index (κ2) is 7.03. The summed E-state index contributed by atoms with van der Waals surface area (Å²) in [7, 11) is 0. The zero-order valence-electron chi connectivity index (χ0n) is 13.1. The molecule has 3 rings (SSSR count). The van der Waals surface area contributed by atoms with Gasteiger partial charge in [-0.15, -0.1) is 5.10 Å². The third-order valence-electron chi connectivity index (χ3n) is 4.60. The molecule has 118 valence electrons. The molecular weight excluding hydrogens is 276 g/mol. The Balaban J connectivity index is 1.70. The highest BCUT2D eigenvalue weighted by Crippen LogP contribution is 2.27. The Morgan fingerprint density at radius 2 is 2.14 bits per heavy atom. The minimum atomic E-state index is 0.263. The van der Waals surface area contributed by atoms with Gasteiger partial charge in [-0.3, -0.25) is 4.90 Å². The van der Waals surface area contributed by atoms with Gasteiger partial charge in [-0.05, 0) is 50.8 Å². The molecule has 1 aromatic carbocycles. The summed E-state index contributed by atoms with van der Waals surface area (Å²) >= 11 is 0.